The van der Waals surface area contributed by atoms with Crippen molar-refractivity contribution in [3.05, 3.63) is 71.7 Å². The van der Waals surface area contributed by atoms with Gasteiger partial charge >= 0.3 is 0 Å². The van der Waals surface area contributed by atoms with Crippen molar-refractivity contribution in [1.29, 1.82) is 0 Å². The summed E-state index contributed by atoms with van der Waals surface area (Å²) >= 11 is 1.90. The zero-order chi connectivity index (χ0) is 20.2. The van der Waals surface area contributed by atoms with E-state index in [-0.39, 0.29) is 0 Å². The fourth-order valence-corrected chi connectivity index (χ4v) is 5.34. The molecule has 3 heterocycles. The van der Waals surface area contributed by atoms with Crippen LogP contribution in [0.3, 0.4) is 0 Å². The molecule has 154 valence electrons. The highest BCUT2D eigenvalue weighted by molar-refractivity contribution is 7.19. The lowest BCUT2D eigenvalue weighted by Crippen LogP contribution is -2.47. The average Bonchev–Trinajstić information content (AvgIpc) is 3.22. The number of nitrogens with one attached hydrogen (secondary N) is 1. The molecular formula is C25H28N4S. The van der Waals surface area contributed by atoms with Crippen LogP contribution in [0.25, 0.3) is 20.9 Å². The summed E-state index contributed by atoms with van der Waals surface area (Å²) in [6.45, 7) is 7.53. The summed E-state index contributed by atoms with van der Waals surface area (Å²) in [6, 6.07) is 21.6. The Morgan fingerprint density at radius 3 is 2.57 bits per heavy atom. The smallest absolute Gasteiger partial charge is 0.136 e. The summed E-state index contributed by atoms with van der Waals surface area (Å²) in [5, 5.41) is 7.52. The molecule has 0 aliphatic carbocycles. The van der Waals surface area contributed by atoms with Crippen molar-refractivity contribution in [2.45, 2.75) is 13.0 Å². The molecule has 1 fully saturated rings. The number of hydrogen-bond acceptors (Lipinski definition) is 5. The van der Waals surface area contributed by atoms with Crippen molar-refractivity contribution < 1.29 is 0 Å². The van der Waals surface area contributed by atoms with Crippen molar-refractivity contribution >= 4 is 38.0 Å². The topological polar surface area (TPSA) is 31.4 Å². The third-order valence-electron chi connectivity index (χ3n) is 5.93. The molecule has 0 unspecified atom stereocenters. The largest absolute Gasteiger partial charge is 0.354 e. The molecule has 4 aromatic rings. The van der Waals surface area contributed by atoms with Gasteiger partial charge in [-0.2, -0.15) is 0 Å². The molecular weight excluding hydrogens is 388 g/mol. The van der Waals surface area contributed by atoms with E-state index >= 15 is 0 Å². The zero-order valence-corrected chi connectivity index (χ0v) is 18.1. The van der Waals surface area contributed by atoms with E-state index in [1.807, 2.05) is 17.5 Å². The second-order valence-corrected chi connectivity index (χ2v) is 9.13. The van der Waals surface area contributed by atoms with Gasteiger partial charge in [0, 0.05) is 53.9 Å². The summed E-state index contributed by atoms with van der Waals surface area (Å²) in [5.41, 5.74) is 0. The quantitative estimate of drug-likeness (QED) is 0.441. The Kier molecular flexibility index (Phi) is 5.93. The molecule has 2 aromatic carbocycles. The predicted octanol–water partition coefficient (Wildman–Crippen LogP) is 4.75. The molecule has 1 N–H and O–H groups in total. The Hall–Kier alpha value is -2.47. The molecule has 30 heavy (non-hydrogen) atoms. The molecule has 0 bridgehead atoms. The molecule has 1 aliphatic heterocycles. The van der Waals surface area contributed by atoms with Gasteiger partial charge in [0.1, 0.15) is 5.82 Å². The molecule has 1 aliphatic rings. The van der Waals surface area contributed by atoms with Crippen molar-refractivity contribution in [3.63, 3.8) is 0 Å². The first-order valence-corrected chi connectivity index (χ1v) is 11.7. The summed E-state index contributed by atoms with van der Waals surface area (Å²) < 4.78 is 1.38. The fourth-order valence-electron chi connectivity index (χ4n) is 4.30. The average molecular weight is 417 g/mol. The van der Waals surface area contributed by atoms with Crippen molar-refractivity contribution in [1.82, 2.24) is 15.2 Å². The second kappa shape index (κ2) is 9.13. The van der Waals surface area contributed by atoms with E-state index in [1.165, 1.54) is 32.2 Å². The Bertz CT molecular complexity index is 1080. The molecule has 0 spiro atoms. The van der Waals surface area contributed by atoms with Crippen LogP contribution in [0.15, 0.2) is 66.9 Å². The Balaban J connectivity index is 1.06. The van der Waals surface area contributed by atoms with Gasteiger partial charge in [-0.1, -0.05) is 42.5 Å². The van der Waals surface area contributed by atoms with E-state index in [0.717, 1.165) is 51.6 Å². The number of rotatable bonds is 7. The number of fused-ring (bicyclic) bond motifs is 2. The van der Waals surface area contributed by atoms with E-state index in [1.54, 1.807) is 0 Å². The molecule has 0 saturated carbocycles. The Morgan fingerprint density at radius 1 is 0.900 bits per heavy atom. The maximum absolute atomic E-state index is 4.68. The van der Waals surface area contributed by atoms with Crippen LogP contribution in [-0.4, -0.2) is 49.2 Å². The number of anilines is 1. The van der Waals surface area contributed by atoms with Gasteiger partial charge in [0.05, 0.1) is 0 Å². The summed E-state index contributed by atoms with van der Waals surface area (Å²) in [5.74, 6) is 1.14. The van der Waals surface area contributed by atoms with Crippen LogP contribution < -0.4 is 10.2 Å². The number of pyridine rings is 1. The predicted molar refractivity (Wildman–Crippen MR) is 129 cm³/mol. The van der Waals surface area contributed by atoms with E-state index < -0.39 is 0 Å². The van der Waals surface area contributed by atoms with Gasteiger partial charge in [-0.25, -0.2) is 4.98 Å². The molecule has 4 nitrogen and oxygen atoms in total. The van der Waals surface area contributed by atoms with Crippen molar-refractivity contribution in [2.24, 2.45) is 0 Å². The van der Waals surface area contributed by atoms with Crippen LogP contribution in [0, 0.1) is 0 Å². The highest BCUT2D eigenvalue weighted by Gasteiger charge is 2.19. The number of hydrogen-bond donors (Lipinski definition) is 1. The molecule has 0 radical (unpaired) electrons. The first-order valence-electron chi connectivity index (χ1n) is 10.9. The van der Waals surface area contributed by atoms with Gasteiger partial charge in [0.15, 0.2) is 0 Å². The normalized spacial score (nSPS) is 15.3. The monoisotopic (exact) mass is 416 g/mol. The SMILES string of the molecule is c1ccc2sc(CNCCCN3CCN(c4nccc5ccccc45)CC3)cc2c1. The van der Waals surface area contributed by atoms with E-state index in [4.69, 9.17) is 0 Å². The zero-order valence-electron chi connectivity index (χ0n) is 17.3. The minimum absolute atomic E-state index is 0.972. The number of nitrogens with zero attached hydrogens (tertiary/aromatic N) is 3. The van der Waals surface area contributed by atoms with Crippen LogP contribution in [0.2, 0.25) is 0 Å². The lowest BCUT2D eigenvalue weighted by Gasteiger charge is -2.35. The van der Waals surface area contributed by atoms with Crippen LogP contribution in [0.5, 0.6) is 0 Å². The number of benzene rings is 2. The lowest BCUT2D eigenvalue weighted by atomic mass is 10.1. The molecule has 5 heteroatoms. The van der Waals surface area contributed by atoms with Crippen molar-refractivity contribution in [2.75, 3.05) is 44.2 Å². The van der Waals surface area contributed by atoms with Gasteiger partial charge in [0.25, 0.3) is 0 Å². The molecule has 0 atom stereocenters. The summed E-state index contributed by atoms with van der Waals surface area (Å²) in [7, 11) is 0. The van der Waals surface area contributed by atoms with Gasteiger partial charge < -0.3 is 10.2 Å². The molecule has 5 rings (SSSR count). The van der Waals surface area contributed by atoms with Gasteiger partial charge in [0.2, 0.25) is 0 Å². The minimum Gasteiger partial charge on any atom is -0.354 e. The Labute approximate surface area is 182 Å². The maximum atomic E-state index is 4.68. The van der Waals surface area contributed by atoms with Crippen LogP contribution in [0.4, 0.5) is 5.82 Å². The highest BCUT2D eigenvalue weighted by Crippen LogP contribution is 2.26. The van der Waals surface area contributed by atoms with E-state index in [0.29, 0.717) is 0 Å². The first kappa shape index (κ1) is 19.5. The molecule has 1 saturated heterocycles. The number of thiophene rings is 1. The summed E-state index contributed by atoms with van der Waals surface area (Å²) in [4.78, 5) is 11.1. The van der Waals surface area contributed by atoms with Crippen molar-refractivity contribution in [3.8, 4) is 0 Å². The minimum atomic E-state index is 0.972. The standard InChI is InChI=1S/C25H28N4S/c1-3-8-23-20(6-1)10-12-27-25(23)29-16-14-28(15-17-29)13-5-11-26-19-22-18-21-7-2-4-9-24(21)30-22/h1-4,6-10,12,18,26H,5,11,13-17,19H2. The fraction of sp³-hybridized carbons (Fsp3) is 0.320. The number of piperazine rings is 1. The second-order valence-electron chi connectivity index (χ2n) is 7.97. The molecule has 2 aromatic heterocycles. The lowest BCUT2D eigenvalue weighted by molar-refractivity contribution is 0.253. The van der Waals surface area contributed by atoms with Crippen LogP contribution in [0.1, 0.15) is 11.3 Å². The number of aromatic nitrogens is 1. The van der Waals surface area contributed by atoms with E-state index in [2.05, 4.69) is 80.8 Å². The molecule has 0 amide bonds. The van der Waals surface area contributed by atoms with Gasteiger partial charge in [-0.05, 0) is 48.5 Å². The first-order chi connectivity index (χ1) is 14.9. The third kappa shape index (κ3) is 4.33. The van der Waals surface area contributed by atoms with Gasteiger partial charge in [-0.15, -0.1) is 11.3 Å². The Morgan fingerprint density at radius 2 is 1.70 bits per heavy atom. The van der Waals surface area contributed by atoms with Gasteiger partial charge in [-0.3, -0.25) is 4.90 Å². The maximum Gasteiger partial charge on any atom is 0.136 e. The summed E-state index contributed by atoms with van der Waals surface area (Å²) in [6.07, 6.45) is 3.13. The van der Waals surface area contributed by atoms with Crippen LogP contribution >= 0.6 is 11.3 Å². The van der Waals surface area contributed by atoms with E-state index in [9.17, 15) is 0 Å². The third-order valence-corrected chi connectivity index (χ3v) is 7.04. The van der Waals surface area contributed by atoms with Crippen LogP contribution in [-0.2, 0) is 6.54 Å². The highest BCUT2D eigenvalue weighted by atomic mass is 32.1.